The molecule has 3 aromatic heterocycles. The quantitative estimate of drug-likeness (QED) is 0.379. The van der Waals surface area contributed by atoms with E-state index in [4.69, 9.17) is 0 Å². The summed E-state index contributed by atoms with van der Waals surface area (Å²) >= 11 is 1.39. The number of benzene rings is 1. The van der Waals surface area contributed by atoms with Crippen molar-refractivity contribution in [1.29, 1.82) is 0 Å². The standard InChI is InChI=1S/C21H23N7OS/c1-5-17-23-20-16(11-22-28(20)15-9-7-6-8-10-15)21(24-17)30-12-18(29)25-19-13(2)26-27(4)14(19)3/h6-11H,5,12H2,1-4H3,(H,25,29). The zero-order valence-electron chi connectivity index (χ0n) is 17.4. The van der Waals surface area contributed by atoms with E-state index >= 15 is 0 Å². The minimum atomic E-state index is -0.0977. The number of nitrogens with one attached hydrogen (secondary N) is 1. The van der Waals surface area contributed by atoms with Gasteiger partial charge in [0.1, 0.15) is 10.9 Å². The summed E-state index contributed by atoms with van der Waals surface area (Å²) in [6, 6.07) is 9.87. The first kappa shape index (κ1) is 20.1. The second-order valence-corrected chi connectivity index (χ2v) is 7.90. The molecule has 1 amide bonds. The van der Waals surface area contributed by atoms with Gasteiger partial charge in [0.2, 0.25) is 5.91 Å². The molecule has 0 saturated carbocycles. The summed E-state index contributed by atoms with van der Waals surface area (Å²) in [5.41, 5.74) is 4.17. The molecule has 0 aliphatic heterocycles. The van der Waals surface area contributed by atoms with Crippen molar-refractivity contribution < 1.29 is 4.79 Å². The van der Waals surface area contributed by atoms with Crippen molar-refractivity contribution in [3.05, 3.63) is 53.7 Å². The molecule has 0 atom stereocenters. The van der Waals surface area contributed by atoms with Gasteiger partial charge in [-0.3, -0.25) is 9.48 Å². The largest absolute Gasteiger partial charge is 0.322 e. The topological polar surface area (TPSA) is 90.5 Å². The summed E-state index contributed by atoms with van der Waals surface area (Å²) in [4.78, 5) is 21.9. The number of nitrogens with zero attached hydrogens (tertiary/aromatic N) is 6. The Balaban J connectivity index is 1.59. The maximum absolute atomic E-state index is 12.6. The third-order valence-corrected chi connectivity index (χ3v) is 5.86. The van der Waals surface area contributed by atoms with Gasteiger partial charge in [-0.1, -0.05) is 36.9 Å². The first-order chi connectivity index (χ1) is 14.5. The maximum atomic E-state index is 12.6. The number of amides is 1. The number of anilines is 1. The summed E-state index contributed by atoms with van der Waals surface area (Å²) in [6.07, 6.45) is 2.46. The highest BCUT2D eigenvalue weighted by atomic mass is 32.2. The van der Waals surface area contributed by atoms with Crippen LogP contribution in [-0.2, 0) is 18.3 Å². The lowest BCUT2D eigenvalue weighted by molar-refractivity contribution is -0.113. The Bertz CT molecular complexity index is 1210. The fourth-order valence-electron chi connectivity index (χ4n) is 3.22. The van der Waals surface area contributed by atoms with Crippen molar-refractivity contribution in [2.75, 3.05) is 11.1 Å². The van der Waals surface area contributed by atoms with E-state index in [-0.39, 0.29) is 11.7 Å². The molecule has 0 unspecified atom stereocenters. The van der Waals surface area contributed by atoms with Crippen molar-refractivity contribution in [2.45, 2.75) is 32.2 Å². The highest BCUT2D eigenvalue weighted by molar-refractivity contribution is 8.00. The minimum Gasteiger partial charge on any atom is -0.322 e. The second kappa shape index (κ2) is 8.27. The van der Waals surface area contributed by atoms with Gasteiger partial charge in [-0.05, 0) is 26.0 Å². The molecule has 1 N–H and O–H groups in total. The van der Waals surface area contributed by atoms with E-state index in [9.17, 15) is 4.79 Å². The number of carbonyl (C=O) groups excluding carboxylic acids is 1. The van der Waals surface area contributed by atoms with Crippen LogP contribution in [0.1, 0.15) is 24.1 Å². The SMILES string of the molecule is CCc1nc(SCC(=O)Nc2c(C)nn(C)c2C)c2cnn(-c3ccccc3)c2n1. The summed E-state index contributed by atoms with van der Waals surface area (Å²) in [5.74, 6) is 0.862. The first-order valence-electron chi connectivity index (χ1n) is 9.70. The number of hydrogen-bond acceptors (Lipinski definition) is 6. The molecule has 154 valence electrons. The smallest absolute Gasteiger partial charge is 0.234 e. The number of rotatable bonds is 6. The van der Waals surface area contributed by atoms with Crippen LogP contribution < -0.4 is 5.32 Å². The molecule has 30 heavy (non-hydrogen) atoms. The van der Waals surface area contributed by atoms with Gasteiger partial charge < -0.3 is 5.32 Å². The van der Waals surface area contributed by atoms with Gasteiger partial charge in [0.15, 0.2) is 5.65 Å². The number of fused-ring (bicyclic) bond motifs is 1. The van der Waals surface area contributed by atoms with Crippen LogP contribution in [0.3, 0.4) is 0 Å². The highest BCUT2D eigenvalue weighted by Gasteiger charge is 2.17. The Hall–Kier alpha value is -3.20. The molecule has 8 nitrogen and oxygen atoms in total. The van der Waals surface area contributed by atoms with Crippen molar-refractivity contribution in [3.63, 3.8) is 0 Å². The Morgan fingerprint density at radius 2 is 1.93 bits per heavy atom. The van der Waals surface area contributed by atoms with Gasteiger partial charge in [-0.25, -0.2) is 14.6 Å². The van der Waals surface area contributed by atoms with Crippen LogP contribution in [0, 0.1) is 13.8 Å². The summed E-state index contributed by atoms with van der Waals surface area (Å²) in [5, 5.41) is 13.4. The summed E-state index contributed by atoms with van der Waals surface area (Å²) in [7, 11) is 1.86. The normalized spacial score (nSPS) is 11.2. The third-order valence-electron chi connectivity index (χ3n) is 4.87. The molecule has 0 radical (unpaired) electrons. The van der Waals surface area contributed by atoms with Gasteiger partial charge >= 0.3 is 0 Å². The van der Waals surface area contributed by atoms with Crippen LogP contribution in [0.2, 0.25) is 0 Å². The number of thioether (sulfide) groups is 1. The number of aromatic nitrogens is 6. The van der Waals surface area contributed by atoms with E-state index in [1.807, 2.05) is 62.8 Å². The summed E-state index contributed by atoms with van der Waals surface area (Å²) < 4.78 is 3.57. The van der Waals surface area contributed by atoms with Crippen LogP contribution in [0.25, 0.3) is 16.7 Å². The Labute approximate surface area is 178 Å². The van der Waals surface area contributed by atoms with Crippen molar-refractivity contribution >= 4 is 34.4 Å². The third kappa shape index (κ3) is 3.80. The molecular weight excluding hydrogens is 398 g/mol. The van der Waals surface area contributed by atoms with Gasteiger partial charge in [-0.15, -0.1) is 0 Å². The van der Waals surface area contributed by atoms with Crippen LogP contribution in [0.5, 0.6) is 0 Å². The van der Waals surface area contributed by atoms with Gasteiger partial charge in [-0.2, -0.15) is 10.2 Å². The lowest BCUT2D eigenvalue weighted by atomic mass is 10.3. The number of carbonyl (C=O) groups is 1. The molecule has 1 aromatic carbocycles. The van der Waals surface area contributed by atoms with Crippen LogP contribution in [-0.4, -0.2) is 41.2 Å². The molecule has 0 aliphatic rings. The molecule has 3 heterocycles. The molecule has 0 bridgehead atoms. The molecular formula is C21H23N7OS. The maximum Gasteiger partial charge on any atom is 0.234 e. The Kier molecular flexibility index (Phi) is 5.54. The van der Waals surface area contributed by atoms with Crippen molar-refractivity contribution in [2.24, 2.45) is 7.05 Å². The lowest BCUT2D eigenvalue weighted by Gasteiger charge is -2.08. The van der Waals surface area contributed by atoms with Crippen LogP contribution >= 0.6 is 11.8 Å². The number of para-hydroxylation sites is 1. The van der Waals surface area contributed by atoms with Gasteiger partial charge in [0.25, 0.3) is 0 Å². The average Bonchev–Trinajstić information content (AvgIpc) is 3.28. The molecule has 0 spiro atoms. The number of hydrogen-bond donors (Lipinski definition) is 1. The van der Waals surface area contributed by atoms with E-state index < -0.39 is 0 Å². The van der Waals surface area contributed by atoms with Crippen LogP contribution in [0.15, 0.2) is 41.6 Å². The Morgan fingerprint density at radius 3 is 2.60 bits per heavy atom. The minimum absolute atomic E-state index is 0.0977. The highest BCUT2D eigenvalue weighted by Crippen LogP contribution is 2.27. The fraction of sp³-hybridized carbons (Fsp3) is 0.286. The Morgan fingerprint density at radius 1 is 1.17 bits per heavy atom. The lowest BCUT2D eigenvalue weighted by Crippen LogP contribution is -2.15. The summed E-state index contributed by atoms with van der Waals surface area (Å²) in [6.45, 7) is 5.83. The molecule has 9 heteroatoms. The van der Waals surface area contributed by atoms with E-state index in [1.165, 1.54) is 11.8 Å². The molecule has 0 fully saturated rings. The van der Waals surface area contributed by atoms with E-state index in [2.05, 4.69) is 25.5 Å². The second-order valence-electron chi connectivity index (χ2n) is 6.93. The van der Waals surface area contributed by atoms with Gasteiger partial charge in [0, 0.05) is 13.5 Å². The zero-order valence-corrected chi connectivity index (χ0v) is 18.2. The van der Waals surface area contributed by atoms with E-state index in [1.54, 1.807) is 10.9 Å². The van der Waals surface area contributed by atoms with Crippen LogP contribution in [0.4, 0.5) is 5.69 Å². The van der Waals surface area contributed by atoms with E-state index in [0.29, 0.717) is 6.42 Å². The van der Waals surface area contributed by atoms with E-state index in [0.717, 1.165) is 44.6 Å². The number of aryl methyl sites for hydroxylation is 3. The first-order valence-corrected chi connectivity index (χ1v) is 10.7. The van der Waals surface area contributed by atoms with Crippen molar-refractivity contribution in [1.82, 2.24) is 29.5 Å². The predicted octanol–water partition coefficient (Wildman–Crippen LogP) is 3.46. The predicted molar refractivity (Wildman–Crippen MR) is 118 cm³/mol. The fourth-order valence-corrected chi connectivity index (χ4v) is 4.02. The average molecular weight is 422 g/mol. The zero-order chi connectivity index (χ0) is 21.3. The van der Waals surface area contributed by atoms with Gasteiger partial charge in [0.05, 0.1) is 40.1 Å². The molecule has 4 rings (SSSR count). The molecule has 0 aliphatic carbocycles. The van der Waals surface area contributed by atoms with Crippen molar-refractivity contribution in [3.8, 4) is 5.69 Å². The monoisotopic (exact) mass is 421 g/mol. The molecule has 4 aromatic rings. The molecule has 0 saturated heterocycles.